The van der Waals surface area contributed by atoms with Crippen LogP contribution in [0.5, 0.6) is 0 Å². The molecule has 1 aliphatic heterocycles. The van der Waals surface area contributed by atoms with Gasteiger partial charge in [-0.1, -0.05) is 18.2 Å². The van der Waals surface area contributed by atoms with Crippen molar-refractivity contribution in [2.24, 2.45) is 5.73 Å². The third-order valence-corrected chi connectivity index (χ3v) is 4.87. The van der Waals surface area contributed by atoms with E-state index in [0.29, 0.717) is 30.8 Å². The summed E-state index contributed by atoms with van der Waals surface area (Å²) in [6, 6.07) is 15.0. The van der Waals surface area contributed by atoms with Gasteiger partial charge in [-0.05, 0) is 48.7 Å². The number of hydrogen-bond acceptors (Lipinski definition) is 5. The minimum atomic E-state index is -0.347. The van der Waals surface area contributed by atoms with E-state index in [0.717, 1.165) is 24.1 Å². The average molecular weight is 404 g/mol. The fourth-order valence-corrected chi connectivity index (χ4v) is 3.28. The number of methoxy groups -OCH3 is 1. The summed E-state index contributed by atoms with van der Waals surface area (Å²) in [5, 5.41) is 3.45. The van der Waals surface area contributed by atoms with Crippen LogP contribution in [0.1, 0.15) is 39.1 Å². The summed E-state index contributed by atoms with van der Waals surface area (Å²) < 4.78 is 4.76. The molecule has 0 bridgehead atoms. The van der Waals surface area contributed by atoms with E-state index in [1.165, 1.54) is 7.11 Å². The Labute approximate surface area is 171 Å². The predicted molar refractivity (Wildman–Crippen MR) is 112 cm³/mol. The maximum atomic E-state index is 12.6. The van der Waals surface area contributed by atoms with Crippen LogP contribution in [-0.2, 0) is 11.3 Å². The number of esters is 1. The number of benzene rings is 2. The van der Waals surface area contributed by atoms with E-state index in [2.05, 4.69) is 5.32 Å². The summed E-state index contributed by atoms with van der Waals surface area (Å²) in [5.41, 5.74) is 8.73. The molecule has 150 valence electrons. The van der Waals surface area contributed by atoms with Crippen molar-refractivity contribution in [2.75, 3.05) is 25.5 Å². The number of amides is 1. The third kappa shape index (κ3) is 5.24. The van der Waals surface area contributed by atoms with Crippen molar-refractivity contribution in [1.82, 2.24) is 4.90 Å². The molecule has 2 aromatic carbocycles. The topological polar surface area (TPSA) is 84.7 Å². The molecule has 0 spiro atoms. The van der Waals surface area contributed by atoms with Gasteiger partial charge in [0.15, 0.2) is 0 Å². The van der Waals surface area contributed by atoms with Gasteiger partial charge in [0.1, 0.15) is 0 Å². The van der Waals surface area contributed by atoms with Crippen LogP contribution in [-0.4, -0.2) is 43.0 Å². The number of hydrogen-bond donors (Lipinski definition) is 2. The molecule has 0 radical (unpaired) electrons. The highest BCUT2D eigenvalue weighted by atomic mass is 35.5. The molecule has 0 unspecified atom stereocenters. The van der Waals surface area contributed by atoms with Crippen LogP contribution < -0.4 is 11.1 Å². The minimum absolute atomic E-state index is 0. The number of nitrogens with two attached hydrogens (primary N) is 1. The van der Waals surface area contributed by atoms with Gasteiger partial charge in [0, 0.05) is 36.9 Å². The Morgan fingerprint density at radius 1 is 1.11 bits per heavy atom. The Bertz CT molecular complexity index is 803. The van der Waals surface area contributed by atoms with Crippen LogP contribution in [0.2, 0.25) is 0 Å². The zero-order chi connectivity index (χ0) is 19.2. The van der Waals surface area contributed by atoms with Gasteiger partial charge in [-0.25, -0.2) is 4.79 Å². The number of anilines is 1. The van der Waals surface area contributed by atoms with Crippen molar-refractivity contribution < 1.29 is 14.3 Å². The lowest BCUT2D eigenvalue weighted by Gasteiger charge is -2.33. The first-order valence-electron chi connectivity index (χ1n) is 9.14. The van der Waals surface area contributed by atoms with E-state index >= 15 is 0 Å². The Balaban J connectivity index is 0.00000280. The van der Waals surface area contributed by atoms with Gasteiger partial charge in [-0.2, -0.15) is 0 Å². The Morgan fingerprint density at radius 3 is 2.39 bits per heavy atom. The van der Waals surface area contributed by atoms with Gasteiger partial charge in [-0.15, -0.1) is 12.4 Å². The highest BCUT2D eigenvalue weighted by Crippen LogP contribution is 2.20. The highest BCUT2D eigenvalue weighted by Gasteiger charge is 2.23. The smallest absolute Gasteiger partial charge is 0.337 e. The number of halogens is 1. The van der Waals surface area contributed by atoms with Crippen molar-refractivity contribution in [2.45, 2.75) is 25.4 Å². The van der Waals surface area contributed by atoms with Crippen LogP contribution in [0.15, 0.2) is 48.5 Å². The van der Waals surface area contributed by atoms with Gasteiger partial charge < -0.3 is 20.7 Å². The molecule has 6 nitrogen and oxygen atoms in total. The van der Waals surface area contributed by atoms with Crippen molar-refractivity contribution in [3.8, 4) is 0 Å². The van der Waals surface area contributed by atoms with E-state index in [4.69, 9.17) is 10.5 Å². The number of piperidine rings is 1. The minimum Gasteiger partial charge on any atom is -0.465 e. The van der Waals surface area contributed by atoms with Crippen molar-refractivity contribution in [3.63, 3.8) is 0 Å². The first kappa shape index (κ1) is 21.7. The number of nitrogens with zero attached hydrogens (tertiary/aromatic N) is 1. The van der Waals surface area contributed by atoms with Crippen LogP contribution in [0.4, 0.5) is 5.69 Å². The molecular formula is C21H26ClN3O3. The van der Waals surface area contributed by atoms with Gasteiger partial charge in [0.25, 0.3) is 5.91 Å². The van der Waals surface area contributed by atoms with E-state index in [1.807, 2.05) is 41.3 Å². The van der Waals surface area contributed by atoms with Gasteiger partial charge in [0.2, 0.25) is 0 Å². The van der Waals surface area contributed by atoms with Gasteiger partial charge in [-0.3, -0.25) is 4.79 Å². The van der Waals surface area contributed by atoms with Crippen molar-refractivity contribution in [1.29, 1.82) is 0 Å². The number of likely N-dealkylation sites (tertiary alicyclic amines) is 1. The molecular weight excluding hydrogens is 378 g/mol. The SMILES string of the molecule is COC(=O)c1cccc(NC2CCN(C(=O)c3ccc(CN)cc3)CC2)c1.Cl. The predicted octanol–water partition coefficient (Wildman–Crippen LogP) is 3.07. The Morgan fingerprint density at radius 2 is 1.79 bits per heavy atom. The van der Waals surface area contributed by atoms with E-state index in [9.17, 15) is 9.59 Å². The molecule has 2 aromatic rings. The van der Waals surface area contributed by atoms with Crippen LogP contribution >= 0.6 is 12.4 Å². The number of ether oxygens (including phenoxy) is 1. The number of nitrogens with one attached hydrogen (secondary N) is 1. The molecule has 0 aromatic heterocycles. The molecule has 1 heterocycles. The monoisotopic (exact) mass is 403 g/mol. The molecule has 7 heteroatoms. The second kappa shape index (κ2) is 10.1. The normalized spacial score (nSPS) is 14.1. The molecule has 0 atom stereocenters. The van der Waals surface area contributed by atoms with E-state index in [1.54, 1.807) is 12.1 Å². The summed E-state index contributed by atoms with van der Waals surface area (Å²) in [6.45, 7) is 1.88. The summed E-state index contributed by atoms with van der Waals surface area (Å²) in [4.78, 5) is 26.2. The Kier molecular flexibility index (Phi) is 7.84. The zero-order valence-corrected chi connectivity index (χ0v) is 16.7. The average Bonchev–Trinajstić information content (AvgIpc) is 2.73. The summed E-state index contributed by atoms with van der Waals surface area (Å²) in [6.07, 6.45) is 1.71. The molecule has 3 N–H and O–H groups in total. The molecule has 28 heavy (non-hydrogen) atoms. The van der Waals surface area contributed by atoms with Crippen LogP contribution in [0.3, 0.4) is 0 Å². The quantitative estimate of drug-likeness (QED) is 0.749. The lowest BCUT2D eigenvalue weighted by Crippen LogP contribution is -2.42. The molecule has 1 amide bonds. The third-order valence-electron chi connectivity index (χ3n) is 4.87. The molecule has 1 aliphatic rings. The molecule has 1 saturated heterocycles. The number of rotatable bonds is 5. The lowest BCUT2D eigenvalue weighted by atomic mass is 10.0. The van der Waals surface area contributed by atoms with Crippen molar-refractivity contribution in [3.05, 3.63) is 65.2 Å². The highest BCUT2D eigenvalue weighted by molar-refractivity contribution is 5.94. The van der Waals surface area contributed by atoms with Crippen LogP contribution in [0.25, 0.3) is 0 Å². The van der Waals surface area contributed by atoms with Crippen LogP contribution in [0, 0.1) is 0 Å². The maximum Gasteiger partial charge on any atom is 0.337 e. The maximum absolute atomic E-state index is 12.6. The first-order valence-corrected chi connectivity index (χ1v) is 9.14. The second-order valence-electron chi connectivity index (χ2n) is 6.68. The molecule has 3 rings (SSSR count). The second-order valence-corrected chi connectivity index (χ2v) is 6.68. The molecule has 0 saturated carbocycles. The van der Waals surface area contributed by atoms with E-state index < -0.39 is 0 Å². The van der Waals surface area contributed by atoms with Gasteiger partial charge >= 0.3 is 5.97 Å². The zero-order valence-electron chi connectivity index (χ0n) is 15.9. The lowest BCUT2D eigenvalue weighted by molar-refractivity contribution is 0.0600. The largest absolute Gasteiger partial charge is 0.465 e. The fraction of sp³-hybridized carbons (Fsp3) is 0.333. The summed E-state index contributed by atoms with van der Waals surface area (Å²) >= 11 is 0. The summed E-state index contributed by atoms with van der Waals surface area (Å²) in [7, 11) is 1.37. The van der Waals surface area contributed by atoms with Gasteiger partial charge in [0.05, 0.1) is 12.7 Å². The first-order chi connectivity index (χ1) is 13.1. The van der Waals surface area contributed by atoms with Crippen molar-refractivity contribution >= 4 is 30.0 Å². The standard InChI is InChI=1S/C21H25N3O3.ClH/c1-27-21(26)17-3-2-4-19(13-17)23-18-9-11-24(12-10-18)20(25)16-7-5-15(14-22)6-8-16;/h2-8,13,18,23H,9-12,14,22H2,1H3;1H. The Hall–Kier alpha value is -2.57. The molecule has 0 aliphatic carbocycles. The number of carbonyl (C=O) groups excluding carboxylic acids is 2. The number of carbonyl (C=O) groups is 2. The van der Waals surface area contributed by atoms with E-state index in [-0.39, 0.29) is 30.3 Å². The fourth-order valence-electron chi connectivity index (χ4n) is 3.28. The summed E-state index contributed by atoms with van der Waals surface area (Å²) in [5.74, 6) is -0.288. The molecule has 1 fully saturated rings.